The Balaban J connectivity index is 2.03. The Bertz CT molecular complexity index is 517. The number of alkyl halides is 1. The van der Waals surface area contributed by atoms with Crippen LogP contribution in [0.5, 0.6) is 0 Å². The Kier molecular flexibility index (Phi) is 4.17. The highest BCUT2D eigenvalue weighted by Crippen LogP contribution is 2.28. The molecular weight excluding hydrogens is 261 g/mol. The van der Waals surface area contributed by atoms with Crippen LogP contribution in [-0.4, -0.2) is 42.1 Å². The van der Waals surface area contributed by atoms with Gasteiger partial charge in [0.2, 0.25) is 5.67 Å². The summed E-state index contributed by atoms with van der Waals surface area (Å²) in [6, 6.07) is 8.61. The molecule has 4 nitrogen and oxygen atoms in total. The van der Waals surface area contributed by atoms with Gasteiger partial charge in [-0.15, -0.1) is 0 Å². The summed E-state index contributed by atoms with van der Waals surface area (Å²) in [5.74, 6) is -1.21. The number of amides is 1. The number of rotatable bonds is 4. The van der Waals surface area contributed by atoms with Crippen LogP contribution in [0.1, 0.15) is 16.8 Å². The molecule has 0 N–H and O–H groups in total. The number of halogens is 1. The van der Waals surface area contributed by atoms with Gasteiger partial charge in [0, 0.05) is 18.5 Å². The molecule has 1 aliphatic heterocycles. The maximum atomic E-state index is 14.5. The van der Waals surface area contributed by atoms with Crippen molar-refractivity contribution in [3.05, 3.63) is 48.6 Å². The Morgan fingerprint density at radius 2 is 2.10 bits per heavy atom. The molecule has 0 aromatic heterocycles. The van der Waals surface area contributed by atoms with E-state index in [9.17, 15) is 14.0 Å². The quantitative estimate of drug-likeness (QED) is 0.624. The zero-order valence-electron chi connectivity index (χ0n) is 11.0. The van der Waals surface area contributed by atoms with Crippen molar-refractivity contribution in [1.82, 2.24) is 4.90 Å². The van der Waals surface area contributed by atoms with Gasteiger partial charge in [0.05, 0.1) is 6.54 Å². The largest absolute Gasteiger partial charge is 0.459 e. The molecule has 1 aromatic rings. The lowest BCUT2D eigenvalue weighted by atomic mass is 10.1. The summed E-state index contributed by atoms with van der Waals surface area (Å²) < 4.78 is 19.2. The molecule has 20 heavy (non-hydrogen) atoms. The van der Waals surface area contributed by atoms with Crippen molar-refractivity contribution in [3.63, 3.8) is 0 Å². The van der Waals surface area contributed by atoms with E-state index in [-0.39, 0.29) is 32.0 Å². The van der Waals surface area contributed by atoms with E-state index in [4.69, 9.17) is 4.74 Å². The van der Waals surface area contributed by atoms with Crippen LogP contribution in [0.4, 0.5) is 4.39 Å². The van der Waals surface area contributed by atoms with Crippen LogP contribution in [0.15, 0.2) is 43.0 Å². The van der Waals surface area contributed by atoms with E-state index in [1.807, 2.05) is 0 Å². The number of likely N-dealkylation sites (tertiary alicyclic amines) is 1. The molecule has 1 heterocycles. The highest BCUT2D eigenvalue weighted by molar-refractivity contribution is 5.95. The van der Waals surface area contributed by atoms with Crippen molar-refractivity contribution >= 4 is 11.9 Å². The first-order valence-corrected chi connectivity index (χ1v) is 6.38. The van der Waals surface area contributed by atoms with E-state index < -0.39 is 11.6 Å². The number of benzene rings is 1. The Labute approximate surface area is 116 Å². The molecule has 1 amide bonds. The number of carbonyl (C=O) groups excluding carboxylic acids is 2. The second-order valence-electron chi connectivity index (χ2n) is 4.70. The van der Waals surface area contributed by atoms with Crippen LogP contribution in [0.2, 0.25) is 0 Å². The summed E-state index contributed by atoms with van der Waals surface area (Å²) in [5, 5.41) is 0. The van der Waals surface area contributed by atoms with Gasteiger partial charge in [0.1, 0.15) is 6.61 Å². The Morgan fingerprint density at radius 1 is 1.40 bits per heavy atom. The Hall–Kier alpha value is -2.17. The summed E-state index contributed by atoms with van der Waals surface area (Å²) in [5.41, 5.74) is -1.64. The molecule has 5 heteroatoms. The fraction of sp³-hybridized carbons (Fsp3) is 0.333. The van der Waals surface area contributed by atoms with Crippen LogP contribution in [-0.2, 0) is 9.53 Å². The number of hydrogen-bond acceptors (Lipinski definition) is 3. The van der Waals surface area contributed by atoms with Crippen LogP contribution in [0, 0.1) is 0 Å². The molecule has 1 fully saturated rings. The van der Waals surface area contributed by atoms with Gasteiger partial charge in [-0.1, -0.05) is 30.9 Å². The third-order valence-electron chi connectivity index (χ3n) is 3.23. The summed E-state index contributed by atoms with van der Waals surface area (Å²) in [6.45, 7) is 3.30. The van der Waals surface area contributed by atoms with Gasteiger partial charge < -0.3 is 9.64 Å². The zero-order valence-corrected chi connectivity index (χ0v) is 11.0. The van der Waals surface area contributed by atoms with Crippen LogP contribution >= 0.6 is 0 Å². The molecule has 1 aliphatic rings. The van der Waals surface area contributed by atoms with Crippen molar-refractivity contribution in [3.8, 4) is 0 Å². The van der Waals surface area contributed by atoms with Gasteiger partial charge in [0.25, 0.3) is 5.91 Å². The zero-order chi connectivity index (χ0) is 14.6. The molecule has 0 saturated carbocycles. The second-order valence-corrected chi connectivity index (χ2v) is 4.70. The van der Waals surface area contributed by atoms with Crippen molar-refractivity contribution in [1.29, 1.82) is 0 Å². The van der Waals surface area contributed by atoms with Gasteiger partial charge in [-0.05, 0) is 12.1 Å². The molecule has 106 valence electrons. The van der Waals surface area contributed by atoms with Crippen molar-refractivity contribution < 1.29 is 18.7 Å². The maximum Gasteiger partial charge on any atom is 0.346 e. The van der Waals surface area contributed by atoms with Crippen molar-refractivity contribution in [2.75, 3.05) is 19.7 Å². The van der Waals surface area contributed by atoms with E-state index in [0.717, 1.165) is 0 Å². The molecule has 0 radical (unpaired) electrons. The summed E-state index contributed by atoms with van der Waals surface area (Å²) >= 11 is 0. The van der Waals surface area contributed by atoms with Crippen molar-refractivity contribution in [2.24, 2.45) is 0 Å². The normalized spacial score (nSPS) is 21.6. The maximum absolute atomic E-state index is 14.5. The molecule has 0 spiro atoms. The molecule has 0 bridgehead atoms. The van der Waals surface area contributed by atoms with Gasteiger partial charge in [0.15, 0.2) is 0 Å². The predicted molar refractivity (Wildman–Crippen MR) is 72.0 cm³/mol. The van der Waals surface area contributed by atoms with Gasteiger partial charge >= 0.3 is 5.97 Å². The van der Waals surface area contributed by atoms with Crippen molar-refractivity contribution in [2.45, 2.75) is 12.1 Å². The Morgan fingerprint density at radius 3 is 2.75 bits per heavy atom. The highest BCUT2D eigenvalue weighted by atomic mass is 19.1. The van der Waals surface area contributed by atoms with Crippen LogP contribution < -0.4 is 0 Å². The first kappa shape index (κ1) is 14.2. The summed E-state index contributed by atoms with van der Waals surface area (Å²) in [4.78, 5) is 25.1. The van der Waals surface area contributed by atoms with Gasteiger partial charge in [-0.25, -0.2) is 9.18 Å². The molecule has 1 aromatic carbocycles. The van der Waals surface area contributed by atoms with Gasteiger partial charge in [-0.3, -0.25) is 4.79 Å². The minimum atomic E-state index is -2.12. The highest BCUT2D eigenvalue weighted by Gasteiger charge is 2.48. The molecule has 2 rings (SSSR count). The molecule has 1 unspecified atom stereocenters. The smallest absolute Gasteiger partial charge is 0.346 e. The average Bonchev–Trinajstić information content (AvgIpc) is 2.88. The fourth-order valence-electron chi connectivity index (χ4n) is 2.14. The van der Waals surface area contributed by atoms with E-state index >= 15 is 0 Å². The minimum absolute atomic E-state index is 0.0306. The van der Waals surface area contributed by atoms with E-state index in [2.05, 4.69) is 6.58 Å². The average molecular weight is 277 g/mol. The summed E-state index contributed by atoms with van der Waals surface area (Å²) in [7, 11) is 0. The third-order valence-corrected chi connectivity index (χ3v) is 3.23. The van der Waals surface area contributed by atoms with Crippen LogP contribution in [0.3, 0.4) is 0 Å². The molecule has 1 atom stereocenters. The fourth-order valence-corrected chi connectivity index (χ4v) is 2.14. The minimum Gasteiger partial charge on any atom is -0.459 e. The number of esters is 1. The predicted octanol–water partition coefficient (Wildman–Crippen LogP) is 1.97. The van der Waals surface area contributed by atoms with E-state index in [1.54, 1.807) is 30.3 Å². The first-order valence-electron chi connectivity index (χ1n) is 6.38. The van der Waals surface area contributed by atoms with E-state index in [1.165, 1.54) is 11.0 Å². The summed E-state index contributed by atoms with van der Waals surface area (Å²) in [6.07, 6.45) is 1.34. The van der Waals surface area contributed by atoms with Gasteiger partial charge in [-0.2, -0.15) is 0 Å². The number of nitrogens with zero attached hydrogens (tertiary/aromatic N) is 1. The lowest BCUT2D eigenvalue weighted by Crippen LogP contribution is -2.40. The lowest BCUT2D eigenvalue weighted by molar-refractivity contribution is -0.155. The number of ether oxygens (including phenoxy) is 1. The molecule has 0 aliphatic carbocycles. The monoisotopic (exact) mass is 277 g/mol. The SMILES string of the molecule is C=CCOC(=O)C1(F)CCN(C(=O)c2ccccc2)C1. The molecular formula is C15H16FNO3. The number of hydrogen-bond donors (Lipinski definition) is 0. The number of carbonyl (C=O) groups is 2. The standard InChI is InChI=1S/C15H16FNO3/c1-2-10-20-14(19)15(16)8-9-17(11-15)13(18)12-6-4-3-5-7-12/h2-7H,1,8-11H2. The van der Waals surface area contributed by atoms with E-state index in [0.29, 0.717) is 5.56 Å². The third kappa shape index (κ3) is 2.87. The van der Waals surface area contributed by atoms with Crippen LogP contribution in [0.25, 0.3) is 0 Å². The lowest BCUT2D eigenvalue weighted by Gasteiger charge is -2.19. The molecule has 1 saturated heterocycles. The first-order chi connectivity index (χ1) is 9.57. The second kappa shape index (κ2) is 5.86. The topological polar surface area (TPSA) is 46.6 Å².